The zero-order chi connectivity index (χ0) is 11.7. The summed E-state index contributed by atoms with van der Waals surface area (Å²) in [7, 11) is 1.37. The molecule has 0 saturated carbocycles. The molecule has 6 heteroatoms. The van der Waals surface area contributed by atoms with Crippen molar-refractivity contribution in [3.63, 3.8) is 0 Å². The van der Waals surface area contributed by atoms with Crippen LogP contribution in [0.4, 0.5) is 10.6 Å². The molecule has 82 valence electrons. The van der Waals surface area contributed by atoms with Gasteiger partial charge in [-0.1, -0.05) is 18.2 Å². The van der Waals surface area contributed by atoms with Crippen molar-refractivity contribution in [2.75, 3.05) is 11.9 Å². The fourth-order valence-electron chi connectivity index (χ4n) is 1.45. The summed E-state index contributed by atoms with van der Waals surface area (Å²) < 4.78 is 0. The van der Waals surface area contributed by atoms with Gasteiger partial charge in [-0.05, 0) is 6.07 Å². The third kappa shape index (κ3) is 1.50. The summed E-state index contributed by atoms with van der Waals surface area (Å²) in [6.07, 6.45) is -1.13. The summed E-state index contributed by atoms with van der Waals surface area (Å²) in [6, 6.07) is 6.71. The maximum Gasteiger partial charge on any atom is 0.412 e. The van der Waals surface area contributed by atoms with Gasteiger partial charge in [0.15, 0.2) is 5.82 Å². The van der Waals surface area contributed by atoms with E-state index >= 15 is 0 Å². The number of nitrogens with one attached hydrogen (secondary N) is 1. The summed E-state index contributed by atoms with van der Waals surface area (Å²) in [4.78, 5) is 23.2. The molecule has 0 unspecified atom stereocenters. The van der Waals surface area contributed by atoms with Crippen molar-refractivity contribution in [1.29, 1.82) is 0 Å². The van der Waals surface area contributed by atoms with E-state index in [1.807, 2.05) is 0 Å². The molecular weight excluding hydrogens is 210 g/mol. The van der Waals surface area contributed by atoms with Crippen LogP contribution in [-0.2, 0) is 0 Å². The van der Waals surface area contributed by atoms with Crippen LogP contribution in [0.15, 0.2) is 29.1 Å². The molecular formula is C10H9N3O3. The highest BCUT2D eigenvalue weighted by molar-refractivity contribution is 5.98. The van der Waals surface area contributed by atoms with Gasteiger partial charge in [0.1, 0.15) is 0 Å². The van der Waals surface area contributed by atoms with Gasteiger partial charge in [-0.15, -0.1) is 0 Å². The van der Waals surface area contributed by atoms with Gasteiger partial charge in [0.2, 0.25) is 0 Å². The Labute approximate surface area is 90.1 Å². The molecule has 1 aromatic heterocycles. The Hall–Kier alpha value is -2.37. The highest BCUT2D eigenvalue weighted by Crippen LogP contribution is 2.19. The molecule has 2 N–H and O–H groups in total. The van der Waals surface area contributed by atoms with E-state index in [9.17, 15) is 9.59 Å². The summed E-state index contributed by atoms with van der Waals surface area (Å²) in [5, 5.41) is 15.8. The molecule has 0 fully saturated rings. The molecule has 0 atom stereocenters. The zero-order valence-electron chi connectivity index (χ0n) is 8.47. The molecule has 6 nitrogen and oxygen atoms in total. The summed E-state index contributed by atoms with van der Waals surface area (Å²) in [5.41, 5.74) is -0.335. The molecule has 0 saturated heterocycles. The van der Waals surface area contributed by atoms with Crippen molar-refractivity contribution >= 4 is 22.7 Å². The van der Waals surface area contributed by atoms with E-state index in [0.29, 0.717) is 10.8 Å². The van der Waals surface area contributed by atoms with Crippen molar-refractivity contribution in [1.82, 2.24) is 10.2 Å². The second kappa shape index (κ2) is 3.65. The van der Waals surface area contributed by atoms with Gasteiger partial charge in [0.05, 0.1) is 5.39 Å². The lowest BCUT2D eigenvalue weighted by atomic mass is 10.2. The maximum absolute atomic E-state index is 11.4. The van der Waals surface area contributed by atoms with Crippen LogP contribution in [0.3, 0.4) is 0 Å². The van der Waals surface area contributed by atoms with Crippen LogP contribution < -0.4 is 10.5 Å². The SMILES string of the molecule is CN(C(=O)O)c1n[nH]c(=O)c2ccccc12. The van der Waals surface area contributed by atoms with Crippen LogP contribution >= 0.6 is 0 Å². The number of rotatable bonds is 1. The molecule has 2 aromatic rings. The van der Waals surface area contributed by atoms with E-state index in [1.54, 1.807) is 24.3 Å². The predicted molar refractivity (Wildman–Crippen MR) is 58.8 cm³/mol. The maximum atomic E-state index is 11.4. The monoisotopic (exact) mass is 219 g/mol. The molecule has 0 aliphatic carbocycles. The molecule has 0 aliphatic rings. The molecule has 0 bridgehead atoms. The molecule has 1 aromatic carbocycles. The van der Waals surface area contributed by atoms with Gasteiger partial charge in [0, 0.05) is 12.4 Å². The number of aromatic nitrogens is 2. The number of hydrogen-bond acceptors (Lipinski definition) is 3. The lowest BCUT2D eigenvalue weighted by molar-refractivity contribution is 0.203. The van der Waals surface area contributed by atoms with Gasteiger partial charge in [-0.25, -0.2) is 9.89 Å². The zero-order valence-corrected chi connectivity index (χ0v) is 8.47. The Morgan fingerprint density at radius 2 is 2.00 bits per heavy atom. The Kier molecular flexibility index (Phi) is 2.32. The number of benzene rings is 1. The number of nitrogens with zero attached hydrogens (tertiary/aromatic N) is 2. The number of carbonyl (C=O) groups is 1. The molecule has 0 radical (unpaired) electrons. The second-order valence-corrected chi connectivity index (χ2v) is 3.26. The summed E-state index contributed by atoms with van der Waals surface area (Å²) in [5.74, 6) is 0.211. The fourth-order valence-corrected chi connectivity index (χ4v) is 1.45. The molecule has 0 spiro atoms. The number of fused-ring (bicyclic) bond motifs is 1. The van der Waals surface area contributed by atoms with Crippen LogP contribution in [-0.4, -0.2) is 28.4 Å². The Bertz CT molecular complexity index is 606. The Balaban J connectivity index is 2.77. The predicted octanol–water partition coefficient (Wildman–Crippen LogP) is 1.04. The van der Waals surface area contributed by atoms with Crippen molar-refractivity contribution in [2.45, 2.75) is 0 Å². The minimum atomic E-state index is -1.13. The summed E-state index contributed by atoms with van der Waals surface area (Å²) >= 11 is 0. The molecule has 1 heterocycles. The fraction of sp³-hybridized carbons (Fsp3) is 0.100. The van der Waals surface area contributed by atoms with Crippen LogP contribution in [0.25, 0.3) is 10.8 Å². The normalized spacial score (nSPS) is 10.3. The molecule has 0 aliphatic heterocycles. The third-order valence-corrected chi connectivity index (χ3v) is 2.28. The number of aromatic amines is 1. The highest BCUT2D eigenvalue weighted by atomic mass is 16.4. The Morgan fingerprint density at radius 1 is 1.38 bits per heavy atom. The average molecular weight is 219 g/mol. The van der Waals surface area contributed by atoms with E-state index < -0.39 is 6.09 Å². The number of hydrogen-bond donors (Lipinski definition) is 2. The Morgan fingerprint density at radius 3 is 2.62 bits per heavy atom. The van der Waals surface area contributed by atoms with Gasteiger partial charge in [0.25, 0.3) is 5.56 Å². The van der Waals surface area contributed by atoms with Crippen molar-refractivity contribution in [2.24, 2.45) is 0 Å². The van der Waals surface area contributed by atoms with Crippen molar-refractivity contribution < 1.29 is 9.90 Å². The number of amides is 1. The standard InChI is InChI=1S/C10H9N3O3/c1-13(10(15)16)8-6-4-2-3-5-7(6)9(14)12-11-8/h2-5H,1H3,(H,12,14)(H,15,16). The van der Waals surface area contributed by atoms with E-state index in [0.717, 1.165) is 4.90 Å². The first-order valence-electron chi connectivity index (χ1n) is 4.55. The van der Waals surface area contributed by atoms with Crippen LogP contribution in [0.5, 0.6) is 0 Å². The summed E-state index contributed by atoms with van der Waals surface area (Å²) in [6.45, 7) is 0. The third-order valence-electron chi connectivity index (χ3n) is 2.28. The highest BCUT2D eigenvalue weighted by Gasteiger charge is 2.14. The number of anilines is 1. The number of H-pyrrole nitrogens is 1. The number of carboxylic acid groups (broad SMARTS) is 1. The smallest absolute Gasteiger partial charge is 0.412 e. The van der Waals surface area contributed by atoms with E-state index in [-0.39, 0.29) is 11.4 Å². The van der Waals surface area contributed by atoms with Crippen LogP contribution in [0.2, 0.25) is 0 Å². The minimum absolute atomic E-state index is 0.211. The molecule has 1 amide bonds. The first kappa shape index (κ1) is 10.2. The lowest BCUT2D eigenvalue weighted by Gasteiger charge is -2.13. The van der Waals surface area contributed by atoms with Gasteiger partial charge < -0.3 is 5.11 Å². The quantitative estimate of drug-likeness (QED) is 0.750. The van der Waals surface area contributed by atoms with Crippen LogP contribution in [0.1, 0.15) is 0 Å². The van der Waals surface area contributed by atoms with Gasteiger partial charge in [-0.2, -0.15) is 5.10 Å². The van der Waals surface area contributed by atoms with Crippen molar-refractivity contribution in [3.8, 4) is 0 Å². The van der Waals surface area contributed by atoms with Gasteiger partial charge >= 0.3 is 6.09 Å². The molecule has 16 heavy (non-hydrogen) atoms. The van der Waals surface area contributed by atoms with E-state index in [4.69, 9.17) is 5.11 Å². The topological polar surface area (TPSA) is 86.3 Å². The van der Waals surface area contributed by atoms with Crippen LogP contribution in [0, 0.1) is 0 Å². The van der Waals surface area contributed by atoms with E-state index in [1.165, 1.54) is 7.05 Å². The first-order chi connectivity index (χ1) is 7.61. The molecule has 2 rings (SSSR count). The lowest BCUT2D eigenvalue weighted by Crippen LogP contribution is -2.26. The van der Waals surface area contributed by atoms with E-state index in [2.05, 4.69) is 10.2 Å². The average Bonchev–Trinajstić information content (AvgIpc) is 2.29. The second-order valence-electron chi connectivity index (χ2n) is 3.26. The largest absolute Gasteiger partial charge is 0.465 e. The minimum Gasteiger partial charge on any atom is -0.465 e. The first-order valence-corrected chi connectivity index (χ1v) is 4.55. The van der Waals surface area contributed by atoms with Gasteiger partial charge in [-0.3, -0.25) is 9.69 Å². The van der Waals surface area contributed by atoms with Crippen molar-refractivity contribution in [3.05, 3.63) is 34.6 Å².